The van der Waals surface area contributed by atoms with E-state index in [1.54, 1.807) is 35.7 Å². The first-order chi connectivity index (χ1) is 13.5. The van der Waals surface area contributed by atoms with E-state index in [-0.39, 0.29) is 5.56 Å². The number of thiophene rings is 1. The Bertz CT molecular complexity index is 1050. The van der Waals surface area contributed by atoms with Crippen LogP contribution in [0.3, 0.4) is 0 Å². The lowest BCUT2D eigenvalue weighted by Gasteiger charge is -2.07. The molecule has 0 aliphatic heterocycles. The van der Waals surface area contributed by atoms with Gasteiger partial charge in [0.05, 0.1) is 16.0 Å². The second-order valence-corrected chi connectivity index (χ2v) is 7.11. The van der Waals surface area contributed by atoms with Crippen LogP contribution < -0.4 is 5.43 Å². The molecule has 142 valence electrons. The molecule has 3 rings (SSSR count). The maximum Gasteiger partial charge on any atom is 0.311 e. The minimum atomic E-state index is -0.674. The molecule has 0 radical (unpaired) electrons. The summed E-state index contributed by atoms with van der Waals surface area (Å²) < 4.78 is 0. The molecule has 2 aromatic carbocycles. The van der Waals surface area contributed by atoms with Crippen molar-refractivity contribution >= 4 is 40.7 Å². The number of nitrogens with one attached hydrogen (secondary N) is 1. The minimum Gasteiger partial charge on any atom is -0.502 e. The van der Waals surface area contributed by atoms with E-state index in [4.69, 9.17) is 11.6 Å². The van der Waals surface area contributed by atoms with Crippen molar-refractivity contribution in [2.24, 2.45) is 5.10 Å². The third-order valence-corrected chi connectivity index (χ3v) is 5.08. The summed E-state index contributed by atoms with van der Waals surface area (Å²) in [6.07, 6.45) is 1.51. The Balaban J connectivity index is 1.88. The molecule has 1 heterocycles. The van der Waals surface area contributed by atoms with Crippen molar-refractivity contribution in [3.05, 3.63) is 90.6 Å². The van der Waals surface area contributed by atoms with Gasteiger partial charge in [0.15, 0.2) is 0 Å². The zero-order valence-electron chi connectivity index (χ0n) is 14.3. The van der Waals surface area contributed by atoms with Gasteiger partial charge in [-0.1, -0.05) is 35.9 Å². The number of hydrogen-bond acceptors (Lipinski definition) is 6. The van der Waals surface area contributed by atoms with E-state index >= 15 is 0 Å². The van der Waals surface area contributed by atoms with Crippen LogP contribution in [0.15, 0.2) is 59.0 Å². The molecule has 0 unspecified atom stereocenters. The lowest BCUT2D eigenvalue weighted by atomic mass is 10.0. The van der Waals surface area contributed by atoms with Crippen LogP contribution in [0.2, 0.25) is 5.02 Å². The predicted octanol–water partition coefficient (Wildman–Crippen LogP) is 4.37. The molecule has 3 aromatic rings. The summed E-state index contributed by atoms with van der Waals surface area (Å²) in [4.78, 5) is 23.0. The molecule has 7 nitrogen and oxygen atoms in total. The maximum absolute atomic E-state index is 11.9. The van der Waals surface area contributed by atoms with Crippen LogP contribution in [0, 0.1) is 10.1 Å². The van der Waals surface area contributed by atoms with Crippen molar-refractivity contribution in [1.82, 2.24) is 5.43 Å². The number of rotatable bonds is 6. The van der Waals surface area contributed by atoms with Crippen LogP contribution in [-0.2, 0) is 6.42 Å². The quantitative estimate of drug-likeness (QED) is 0.354. The molecule has 0 aliphatic carbocycles. The van der Waals surface area contributed by atoms with Gasteiger partial charge in [-0.3, -0.25) is 14.9 Å². The second kappa shape index (κ2) is 8.64. The van der Waals surface area contributed by atoms with E-state index in [9.17, 15) is 20.0 Å². The lowest BCUT2D eigenvalue weighted by Crippen LogP contribution is -2.16. The number of nitro benzene ring substituents is 1. The summed E-state index contributed by atoms with van der Waals surface area (Å²) in [6, 6.07) is 13.4. The van der Waals surface area contributed by atoms with E-state index in [1.807, 2.05) is 12.1 Å². The first-order valence-corrected chi connectivity index (χ1v) is 9.32. The molecule has 1 aromatic heterocycles. The van der Waals surface area contributed by atoms with Crippen LogP contribution >= 0.6 is 22.9 Å². The molecule has 0 aliphatic rings. The van der Waals surface area contributed by atoms with Crippen molar-refractivity contribution in [2.75, 3.05) is 0 Å². The predicted molar refractivity (Wildman–Crippen MR) is 108 cm³/mol. The van der Waals surface area contributed by atoms with Gasteiger partial charge in [-0.25, -0.2) is 5.43 Å². The highest BCUT2D eigenvalue weighted by atomic mass is 35.5. The van der Waals surface area contributed by atoms with Crippen LogP contribution in [-0.4, -0.2) is 22.2 Å². The normalized spacial score (nSPS) is 10.9. The largest absolute Gasteiger partial charge is 0.502 e. The molecule has 9 heteroatoms. The van der Waals surface area contributed by atoms with Gasteiger partial charge >= 0.3 is 5.69 Å². The Morgan fingerprint density at radius 2 is 2.07 bits per heavy atom. The number of amides is 1. The Morgan fingerprint density at radius 3 is 2.75 bits per heavy atom. The average molecular weight is 416 g/mol. The first kappa shape index (κ1) is 19.5. The van der Waals surface area contributed by atoms with Gasteiger partial charge in [0.1, 0.15) is 0 Å². The number of nitrogens with zero attached hydrogens (tertiary/aromatic N) is 2. The van der Waals surface area contributed by atoms with Crippen LogP contribution in [0.5, 0.6) is 5.75 Å². The topological polar surface area (TPSA) is 105 Å². The zero-order valence-corrected chi connectivity index (χ0v) is 15.9. The molecular weight excluding hydrogens is 402 g/mol. The number of halogens is 1. The van der Waals surface area contributed by atoms with Crippen LogP contribution in [0.4, 0.5) is 5.69 Å². The molecule has 0 saturated carbocycles. The molecule has 1 amide bonds. The van der Waals surface area contributed by atoms with E-state index in [1.165, 1.54) is 23.6 Å². The monoisotopic (exact) mass is 415 g/mol. The molecule has 0 fully saturated rings. The van der Waals surface area contributed by atoms with Gasteiger partial charge in [0.25, 0.3) is 5.91 Å². The molecule has 0 spiro atoms. The van der Waals surface area contributed by atoms with Gasteiger partial charge in [0, 0.05) is 16.7 Å². The minimum absolute atomic E-state index is 0.114. The molecule has 0 atom stereocenters. The van der Waals surface area contributed by atoms with Gasteiger partial charge in [-0.15, -0.1) is 11.3 Å². The zero-order chi connectivity index (χ0) is 20.1. The highest BCUT2D eigenvalue weighted by molar-refractivity contribution is 7.12. The second-order valence-electron chi connectivity index (χ2n) is 5.75. The average Bonchev–Trinajstić information content (AvgIpc) is 3.20. The summed E-state index contributed by atoms with van der Waals surface area (Å²) in [6.45, 7) is 0. The number of aromatic hydroxyl groups is 1. The lowest BCUT2D eigenvalue weighted by molar-refractivity contribution is -0.385. The number of benzene rings is 2. The summed E-state index contributed by atoms with van der Waals surface area (Å²) in [7, 11) is 0. The van der Waals surface area contributed by atoms with Gasteiger partial charge in [-0.05, 0) is 41.1 Å². The summed E-state index contributed by atoms with van der Waals surface area (Å²) in [5, 5.41) is 27.6. The van der Waals surface area contributed by atoms with Crippen molar-refractivity contribution in [2.45, 2.75) is 6.42 Å². The highest BCUT2D eigenvalue weighted by Crippen LogP contribution is 2.32. The van der Waals surface area contributed by atoms with Gasteiger partial charge in [0.2, 0.25) is 5.75 Å². The van der Waals surface area contributed by atoms with E-state index in [0.717, 1.165) is 5.56 Å². The fourth-order valence-electron chi connectivity index (χ4n) is 2.53. The van der Waals surface area contributed by atoms with Crippen molar-refractivity contribution in [3.63, 3.8) is 0 Å². The summed E-state index contributed by atoms with van der Waals surface area (Å²) in [5.41, 5.74) is 3.35. The standard InChI is InChI=1S/C19H14ClN3O4S/c20-15-5-2-1-4-13(15)8-12-9-14(18(24)16(10-12)23(26)27)11-21-22-19(25)17-6-3-7-28-17/h1-7,9-11,24H,8H2,(H,22,25)/b21-11-. The third kappa shape index (κ3) is 4.54. The summed E-state index contributed by atoms with van der Waals surface area (Å²) in [5.74, 6) is -0.936. The number of hydrogen-bond donors (Lipinski definition) is 2. The Labute approximate surface area is 169 Å². The molecule has 28 heavy (non-hydrogen) atoms. The number of carbonyl (C=O) groups is 1. The summed E-state index contributed by atoms with van der Waals surface area (Å²) >= 11 is 7.41. The van der Waals surface area contributed by atoms with Crippen molar-refractivity contribution in [3.8, 4) is 5.75 Å². The van der Waals surface area contributed by atoms with Crippen LogP contribution in [0.25, 0.3) is 0 Å². The van der Waals surface area contributed by atoms with E-state index < -0.39 is 22.3 Å². The smallest absolute Gasteiger partial charge is 0.311 e. The molecule has 0 saturated heterocycles. The van der Waals surface area contributed by atoms with E-state index in [2.05, 4.69) is 10.5 Å². The Morgan fingerprint density at radius 1 is 1.29 bits per heavy atom. The Kier molecular flexibility index (Phi) is 6.03. The maximum atomic E-state index is 11.9. The third-order valence-electron chi connectivity index (χ3n) is 3.84. The Hall–Kier alpha value is -3.23. The number of phenols is 1. The van der Waals surface area contributed by atoms with Crippen molar-refractivity contribution < 1.29 is 14.8 Å². The van der Waals surface area contributed by atoms with Crippen LogP contribution in [0.1, 0.15) is 26.4 Å². The highest BCUT2D eigenvalue weighted by Gasteiger charge is 2.19. The molecular formula is C19H14ClN3O4S. The van der Waals surface area contributed by atoms with Crippen molar-refractivity contribution in [1.29, 1.82) is 0 Å². The number of carbonyl (C=O) groups excluding carboxylic acids is 1. The fourth-order valence-corrected chi connectivity index (χ4v) is 3.34. The molecule has 2 N–H and O–H groups in total. The molecule has 0 bridgehead atoms. The SMILES string of the molecule is O=C(N/N=C\c1cc(Cc2ccccc2Cl)cc([N+](=O)[O-])c1O)c1cccs1. The van der Waals surface area contributed by atoms with Gasteiger partial charge in [-0.2, -0.15) is 5.10 Å². The number of nitro groups is 1. The number of hydrazone groups is 1. The first-order valence-electron chi connectivity index (χ1n) is 8.06. The van der Waals surface area contributed by atoms with Gasteiger partial charge < -0.3 is 5.11 Å². The number of phenolic OH excluding ortho intramolecular Hbond substituents is 1. The van der Waals surface area contributed by atoms with E-state index in [0.29, 0.717) is 21.9 Å². The fraction of sp³-hybridized carbons (Fsp3) is 0.0526.